The molecular formula is C23H15ClF4N4O3. The summed E-state index contributed by atoms with van der Waals surface area (Å²) in [7, 11) is 0. The van der Waals surface area contributed by atoms with Crippen molar-refractivity contribution >= 4 is 23.4 Å². The van der Waals surface area contributed by atoms with Crippen LogP contribution >= 0.6 is 11.6 Å². The molecule has 12 heteroatoms. The average molecular weight is 507 g/mol. The Kier molecular flexibility index (Phi) is 6.70. The van der Waals surface area contributed by atoms with Gasteiger partial charge in [-0.1, -0.05) is 41.0 Å². The number of aromatic nitrogens is 3. The summed E-state index contributed by atoms with van der Waals surface area (Å²) >= 11 is 6.16. The van der Waals surface area contributed by atoms with Crippen molar-refractivity contribution in [3.63, 3.8) is 0 Å². The van der Waals surface area contributed by atoms with Crippen LogP contribution in [-0.4, -0.2) is 32.7 Å². The third kappa shape index (κ3) is 5.40. The number of carboxylic acid groups (broad SMARTS) is 1. The summed E-state index contributed by atoms with van der Waals surface area (Å²) < 4.78 is 60.7. The third-order valence-corrected chi connectivity index (χ3v) is 5.18. The molecular weight excluding hydrogens is 492 g/mol. The Balaban J connectivity index is 1.64. The number of nitrogens with one attached hydrogen (secondary N) is 1. The summed E-state index contributed by atoms with van der Waals surface area (Å²) in [4.78, 5) is 18.8. The lowest BCUT2D eigenvalue weighted by molar-refractivity contribution is -0.137. The van der Waals surface area contributed by atoms with E-state index in [0.717, 1.165) is 18.2 Å². The maximum Gasteiger partial charge on any atom is 0.417 e. The molecule has 35 heavy (non-hydrogen) atoms. The van der Waals surface area contributed by atoms with Gasteiger partial charge in [-0.05, 0) is 29.8 Å². The van der Waals surface area contributed by atoms with Gasteiger partial charge in [0.25, 0.3) is 5.89 Å². The number of hydrogen-bond donors (Lipinski definition) is 2. The SMILES string of the molecule is O=C(O)CCNc1ncc(-c2noc(-c3ccc(-c4ccccc4F)c(C(F)(F)F)c3)n2)cc1Cl. The molecule has 7 nitrogen and oxygen atoms in total. The van der Waals surface area contributed by atoms with Crippen LogP contribution < -0.4 is 5.32 Å². The molecule has 0 saturated carbocycles. The predicted molar refractivity (Wildman–Crippen MR) is 119 cm³/mol. The van der Waals surface area contributed by atoms with Crippen molar-refractivity contribution in [3.05, 3.63) is 71.1 Å². The van der Waals surface area contributed by atoms with Gasteiger partial charge in [0, 0.05) is 29.4 Å². The average Bonchev–Trinajstić information content (AvgIpc) is 3.30. The molecule has 0 saturated heterocycles. The maximum absolute atomic E-state index is 14.2. The number of anilines is 1. The van der Waals surface area contributed by atoms with E-state index in [1.165, 1.54) is 36.5 Å². The molecule has 0 atom stereocenters. The minimum atomic E-state index is -4.77. The summed E-state index contributed by atoms with van der Waals surface area (Å²) in [5.41, 5.74) is -1.24. The van der Waals surface area contributed by atoms with E-state index < -0.39 is 23.5 Å². The van der Waals surface area contributed by atoms with Gasteiger partial charge in [0.1, 0.15) is 11.6 Å². The number of nitrogens with zero attached hydrogens (tertiary/aromatic N) is 3. The van der Waals surface area contributed by atoms with Crippen LogP contribution in [0.2, 0.25) is 5.02 Å². The minimum Gasteiger partial charge on any atom is -0.481 e. The molecule has 0 unspecified atom stereocenters. The fourth-order valence-corrected chi connectivity index (χ4v) is 3.50. The molecule has 2 aromatic heterocycles. The van der Waals surface area contributed by atoms with Crippen LogP contribution in [0.25, 0.3) is 34.0 Å². The number of hydrogen-bond acceptors (Lipinski definition) is 6. The first-order valence-electron chi connectivity index (χ1n) is 10.1. The largest absolute Gasteiger partial charge is 0.481 e. The summed E-state index contributed by atoms with van der Waals surface area (Å²) in [6.45, 7) is 0.109. The number of halogens is 5. The second kappa shape index (κ2) is 9.71. The van der Waals surface area contributed by atoms with Gasteiger partial charge in [-0.15, -0.1) is 0 Å². The Labute approximate surface area is 200 Å². The van der Waals surface area contributed by atoms with Gasteiger partial charge in [-0.2, -0.15) is 18.2 Å². The van der Waals surface area contributed by atoms with E-state index in [1.54, 1.807) is 0 Å². The predicted octanol–water partition coefficient (Wildman–Crippen LogP) is 6.16. The smallest absolute Gasteiger partial charge is 0.417 e. The molecule has 0 radical (unpaired) electrons. The first-order valence-corrected chi connectivity index (χ1v) is 10.4. The third-order valence-electron chi connectivity index (χ3n) is 4.89. The molecule has 0 aliphatic rings. The van der Waals surface area contributed by atoms with E-state index in [9.17, 15) is 22.4 Å². The lowest BCUT2D eigenvalue weighted by Crippen LogP contribution is -2.08. The number of alkyl halides is 3. The van der Waals surface area contributed by atoms with Crippen molar-refractivity contribution in [3.8, 4) is 34.0 Å². The number of aliphatic carboxylic acids is 1. The lowest BCUT2D eigenvalue weighted by Gasteiger charge is -2.14. The zero-order chi connectivity index (χ0) is 25.2. The second-order valence-electron chi connectivity index (χ2n) is 7.29. The molecule has 0 spiro atoms. The number of carboxylic acids is 1. The molecule has 0 aliphatic heterocycles. The summed E-state index contributed by atoms with van der Waals surface area (Å²) in [5, 5.41) is 15.4. The Hall–Kier alpha value is -3.99. The van der Waals surface area contributed by atoms with Crippen LogP contribution in [0, 0.1) is 5.82 Å². The first-order chi connectivity index (χ1) is 16.6. The fourth-order valence-electron chi connectivity index (χ4n) is 3.26. The van der Waals surface area contributed by atoms with Gasteiger partial charge in [0.15, 0.2) is 0 Å². The van der Waals surface area contributed by atoms with Crippen LogP contribution in [0.1, 0.15) is 12.0 Å². The van der Waals surface area contributed by atoms with Gasteiger partial charge in [-0.3, -0.25) is 4.79 Å². The monoisotopic (exact) mass is 506 g/mol. The molecule has 2 N–H and O–H groups in total. The summed E-state index contributed by atoms with van der Waals surface area (Å²) in [6.07, 6.45) is -3.55. The number of rotatable bonds is 7. The van der Waals surface area contributed by atoms with Gasteiger partial charge in [-0.25, -0.2) is 9.37 Å². The zero-order valence-electron chi connectivity index (χ0n) is 17.6. The highest BCUT2D eigenvalue weighted by atomic mass is 35.5. The summed E-state index contributed by atoms with van der Waals surface area (Å²) in [5.74, 6) is -1.68. The fraction of sp³-hybridized carbons (Fsp3) is 0.130. The molecule has 0 amide bonds. The standard InChI is InChI=1S/C23H15ClF4N4O3/c24-17-10-13(11-30-21(17)29-8-7-19(33)34)20-31-22(35-32-20)12-5-6-14(16(9-12)23(26,27)28)15-3-1-2-4-18(15)25/h1-6,9-11H,7-8H2,(H,29,30)(H,33,34). The maximum atomic E-state index is 14.2. The molecule has 0 aliphatic carbocycles. The summed E-state index contributed by atoms with van der Waals surface area (Å²) in [6, 6.07) is 9.93. The van der Waals surface area contributed by atoms with Crippen LogP contribution in [-0.2, 0) is 11.0 Å². The molecule has 0 fully saturated rings. The van der Waals surface area contributed by atoms with E-state index in [4.69, 9.17) is 21.2 Å². The van der Waals surface area contributed by atoms with Crippen molar-refractivity contribution in [2.75, 3.05) is 11.9 Å². The van der Waals surface area contributed by atoms with Crippen LogP contribution in [0.4, 0.5) is 23.4 Å². The van der Waals surface area contributed by atoms with Crippen LogP contribution in [0.15, 0.2) is 59.3 Å². The Bertz CT molecular complexity index is 1390. The van der Waals surface area contributed by atoms with Crippen LogP contribution in [0.5, 0.6) is 0 Å². The Morgan fingerprint density at radius 1 is 1.09 bits per heavy atom. The lowest BCUT2D eigenvalue weighted by atomic mass is 9.96. The van der Waals surface area contributed by atoms with Crippen molar-refractivity contribution in [1.29, 1.82) is 0 Å². The zero-order valence-corrected chi connectivity index (χ0v) is 18.4. The van der Waals surface area contributed by atoms with E-state index in [2.05, 4.69) is 20.4 Å². The second-order valence-corrected chi connectivity index (χ2v) is 7.69. The minimum absolute atomic E-state index is 0.0119. The number of pyridine rings is 1. The molecule has 4 rings (SSSR count). The molecule has 2 aromatic carbocycles. The van der Waals surface area contributed by atoms with E-state index >= 15 is 0 Å². The Morgan fingerprint density at radius 3 is 2.54 bits per heavy atom. The highest BCUT2D eigenvalue weighted by Gasteiger charge is 2.35. The van der Waals surface area contributed by atoms with E-state index in [0.29, 0.717) is 5.56 Å². The topological polar surface area (TPSA) is 101 Å². The van der Waals surface area contributed by atoms with Gasteiger partial charge < -0.3 is 14.9 Å². The van der Waals surface area contributed by atoms with Crippen molar-refractivity contribution in [1.82, 2.24) is 15.1 Å². The highest BCUT2D eigenvalue weighted by Crippen LogP contribution is 2.40. The van der Waals surface area contributed by atoms with Crippen molar-refractivity contribution in [2.45, 2.75) is 12.6 Å². The normalized spacial score (nSPS) is 11.5. The molecule has 2 heterocycles. The first kappa shape index (κ1) is 24.1. The van der Waals surface area contributed by atoms with E-state index in [1.807, 2.05) is 0 Å². The van der Waals surface area contributed by atoms with Crippen molar-refractivity contribution < 1.29 is 32.0 Å². The van der Waals surface area contributed by atoms with Gasteiger partial charge in [0.2, 0.25) is 5.82 Å². The van der Waals surface area contributed by atoms with Gasteiger partial charge >= 0.3 is 12.1 Å². The van der Waals surface area contributed by atoms with Crippen molar-refractivity contribution in [2.24, 2.45) is 0 Å². The highest BCUT2D eigenvalue weighted by molar-refractivity contribution is 6.33. The number of benzene rings is 2. The number of carbonyl (C=O) groups is 1. The Morgan fingerprint density at radius 2 is 1.86 bits per heavy atom. The van der Waals surface area contributed by atoms with E-state index in [-0.39, 0.29) is 52.2 Å². The molecule has 0 bridgehead atoms. The molecule has 4 aromatic rings. The molecule has 180 valence electrons. The van der Waals surface area contributed by atoms with Crippen LogP contribution in [0.3, 0.4) is 0 Å². The quantitative estimate of drug-likeness (QED) is 0.289. The van der Waals surface area contributed by atoms with Gasteiger partial charge in [0.05, 0.1) is 17.0 Å².